The van der Waals surface area contributed by atoms with E-state index in [2.05, 4.69) is 10.2 Å². The van der Waals surface area contributed by atoms with Gasteiger partial charge in [0.25, 0.3) is 0 Å². The van der Waals surface area contributed by atoms with Gasteiger partial charge >= 0.3 is 0 Å². The highest BCUT2D eigenvalue weighted by Gasteiger charge is 2.36. The molecule has 180 valence electrons. The van der Waals surface area contributed by atoms with Gasteiger partial charge in [0.15, 0.2) is 20.8 Å². The molecular formula is C24H27FN4O3S2. The van der Waals surface area contributed by atoms with E-state index in [9.17, 15) is 17.6 Å². The molecule has 1 amide bonds. The summed E-state index contributed by atoms with van der Waals surface area (Å²) in [6.07, 6.45) is 1.19. The summed E-state index contributed by atoms with van der Waals surface area (Å²) in [5.74, 6) is -0.0186. The fourth-order valence-electron chi connectivity index (χ4n) is 4.19. The van der Waals surface area contributed by atoms with Crippen LogP contribution in [0.1, 0.15) is 26.7 Å². The molecule has 3 aromatic rings. The smallest absolute Gasteiger partial charge is 0.233 e. The zero-order chi connectivity index (χ0) is 24.3. The van der Waals surface area contributed by atoms with Gasteiger partial charge in [-0.25, -0.2) is 12.8 Å². The van der Waals surface area contributed by atoms with Crippen molar-refractivity contribution in [1.82, 2.24) is 19.7 Å². The number of para-hydroxylation sites is 1. The Morgan fingerprint density at radius 3 is 2.53 bits per heavy atom. The molecule has 7 nitrogen and oxygen atoms in total. The zero-order valence-corrected chi connectivity index (χ0v) is 20.7. The summed E-state index contributed by atoms with van der Waals surface area (Å²) in [6.45, 7) is 3.92. The monoisotopic (exact) mass is 502 g/mol. The van der Waals surface area contributed by atoms with Crippen molar-refractivity contribution in [1.29, 1.82) is 0 Å². The number of aromatic nitrogens is 3. The number of sulfone groups is 1. The number of amides is 1. The fraction of sp³-hybridized carbons (Fsp3) is 0.375. The van der Waals surface area contributed by atoms with E-state index < -0.39 is 15.7 Å². The van der Waals surface area contributed by atoms with Crippen LogP contribution in [0.15, 0.2) is 59.8 Å². The molecule has 34 heavy (non-hydrogen) atoms. The van der Waals surface area contributed by atoms with E-state index in [1.807, 2.05) is 44.2 Å². The molecule has 4 rings (SSSR count). The summed E-state index contributed by atoms with van der Waals surface area (Å²) in [5, 5.41) is 8.97. The number of carbonyl (C=O) groups excluding carboxylic acids is 1. The predicted molar refractivity (Wildman–Crippen MR) is 131 cm³/mol. The number of hydrogen-bond acceptors (Lipinski definition) is 6. The molecule has 0 radical (unpaired) electrons. The molecule has 0 spiro atoms. The molecule has 2 heterocycles. The molecule has 2 atom stereocenters. The molecule has 2 aromatic carbocycles. The minimum atomic E-state index is -3.12. The van der Waals surface area contributed by atoms with Gasteiger partial charge in [0.1, 0.15) is 5.82 Å². The van der Waals surface area contributed by atoms with Gasteiger partial charge < -0.3 is 4.90 Å². The normalized spacial score (nSPS) is 18.0. The predicted octanol–water partition coefficient (Wildman–Crippen LogP) is 3.98. The SMILES string of the molecule is CC[C@@H](C)N(C(=O)CSc1nnc(-c2ccccc2F)n1-c1ccccc1)[C@@H]1CCS(=O)(=O)C1. The Hall–Kier alpha value is -2.72. The molecule has 1 fully saturated rings. The van der Waals surface area contributed by atoms with Crippen molar-refractivity contribution < 1.29 is 17.6 Å². The average Bonchev–Trinajstić information content (AvgIpc) is 3.41. The molecule has 0 N–H and O–H groups in total. The zero-order valence-electron chi connectivity index (χ0n) is 19.1. The molecule has 0 saturated carbocycles. The Labute approximate surface area is 203 Å². The third-order valence-corrected chi connectivity index (χ3v) is 8.71. The van der Waals surface area contributed by atoms with Crippen molar-refractivity contribution in [3.8, 4) is 17.1 Å². The van der Waals surface area contributed by atoms with Crippen LogP contribution < -0.4 is 0 Å². The lowest BCUT2D eigenvalue weighted by molar-refractivity contribution is -0.132. The molecular weight excluding hydrogens is 475 g/mol. The Bertz CT molecular complexity index is 1260. The summed E-state index contributed by atoms with van der Waals surface area (Å²) in [6, 6.07) is 15.3. The van der Waals surface area contributed by atoms with E-state index in [1.54, 1.807) is 27.7 Å². The lowest BCUT2D eigenvalue weighted by Gasteiger charge is -2.33. The number of halogens is 1. The van der Waals surface area contributed by atoms with E-state index in [4.69, 9.17) is 0 Å². The fourth-order valence-corrected chi connectivity index (χ4v) is 6.72. The molecule has 0 aliphatic carbocycles. The highest BCUT2D eigenvalue weighted by atomic mass is 32.2. The molecule has 1 saturated heterocycles. The molecule has 1 aromatic heterocycles. The van der Waals surface area contributed by atoms with Gasteiger partial charge in [-0.2, -0.15) is 0 Å². The van der Waals surface area contributed by atoms with Crippen LogP contribution in [0, 0.1) is 5.82 Å². The number of nitrogens with zero attached hydrogens (tertiary/aromatic N) is 4. The van der Waals surface area contributed by atoms with Gasteiger partial charge in [-0.15, -0.1) is 10.2 Å². The van der Waals surface area contributed by atoms with Crippen molar-refractivity contribution in [2.75, 3.05) is 17.3 Å². The number of hydrogen-bond donors (Lipinski definition) is 0. The number of thioether (sulfide) groups is 1. The minimum Gasteiger partial charge on any atom is -0.335 e. The lowest BCUT2D eigenvalue weighted by Crippen LogP contribution is -2.47. The topological polar surface area (TPSA) is 85.2 Å². The average molecular weight is 503 g/mol. The third-order valence-electron chi connectivity index (χ3n) is 6.04. The summed E-state index contributed by atoms with van der Waals surface area (Å²) in [5.41, 5.74) is 1.07. The summed E-state index contributed by atoms with van der Waals surface area (Å²) in [4.78, 5) is 15.0. The molecule has 0 bridgehead atoms. The molecule has 0 unspecified atom stereocenters. The highest BCUT2D eigenvalue weighted by Crippen LogP contribution is 2.30. The Kier molecular flexibility index (Phi) is 7.37. The van der Waals surface area contributed by atoms with Crippen LogP contribution in [0.3, 0.4) is 0 Å². The first kappa shape index (κ1) is 24.4. The van der Waals surface area contributed by atoms with Crippen molar-refractivity contribution in [3.63, 3.8) is 0 Å². The lowest BCUT2D eigenvalue weighted by atomic mass is 10.1. The Balaban J connectivity index is 1.62. The summed E-state index contributed by atoms with van der Waals surface area (Å²) in [7, 11) is -3.12. The Morgan fingerprint density at radius 1 is 1.18 bits per heavy atom. The van der Waals surface area contributed by atoms with E-state index >= 15 is 0 Å². The van der Waals surface area contributed by atoms with Crippen molar-refractivity contribution in [2.24, 2.45) is 0 Å². The largest absolute Gasteiger partial charge is 0.335 e. The van der Waals surface area contributed by atoms with Gasteiger partial charge in [0, 0.05) is 17.8 Å². The first-order chi connectivity index (χ1) is 16.3. The van der Waals surface area contributed by atoms with Crippen molar-refractivity contribution in [3.05, 3.63) is 60.4 Å². The van der Waals surface area contributed by atoms with E-state index in [0.29, 0.717) is 23.0 Å². The van der Waals surface area contributed by atoms with Gasteiger partial charge in [-0.05, 0) is 44.0 Å². The molecule has 1 aliphatic rings. The van der Waals surface area contributed by atoms with E-state index in [0.717, 1.165) is 12.1 Å². The van der Waals surface area contributed by atoms with Gasteiger partial charge in [-0.1, -0.05) is 49.0 Å². The second-order valence-corrected chi connectivity index (χ2v) is 11.5. The highest BCUT2D eigenvalue weighted by molar-refractivity contribution is 7.99. The first-order valence-corrected chi connectivity index (χ1v) is 14.0. The minimum absolute atomic E-state index is 0.00533. The van der Waals surface area contributed by atoms with Crippen LogP contribution in [0.5, 0.6) is 0 Å². The number of rotatable bonds is 8. The van der Waals surface area contributed by atoms with Crippen LogP contribution in [0.4, 0.5) is 4.39 Å². The summed E-state index contributed by atoms with van der Waals surface area (Å²) < 4.78 is 40.4. The van der Waals surface area contributed by atoms with Crippen molar-refractivity contribution in [2.45, 2.75) is 43.9 Å². The Morgan fingerprint density at radius 2 is 1.88 bits per heavy atom. The maximum absolute atomic E-state index is 14.6. The quantitative estimate of drug-likeness (QED) is 0.433. The molecule has 10 heteroatoms. The van der Waals surface area contributed by atoms with Crippen LogP contribution in [-0.2, 0) is 14.6 Å². The van der Waals surface area contributed by atoms with Crippen LogP contribution in [0.25, 0.3) is 17.1 Å². The maximum atomic E-state index is 14.6. The van der Waals surface area contributed by atoms with Gasteiger partial charge in [0.05, 0.1) is 22.8 Å². The van der Waals surface area contributed by atoms with E-state index in [-0.39, 0.29) is 35.2 Å². The standard InChI is InChI=1S/C24H27FN4O3S2/c1-3-17(2)28(19-13-14-34(31,32)16-19)22(30)15-33-24-27-26-23(20-11-7-8-12-21(20)25)29(24)18-9-5-4-6-10-18/h4-12,17,19H,3,13-16H2,1-2H3/t17-,19-/m1/s1. The molecule has 1 aliphatic heterocycles. The van der Waals surface area contributed by atoms with Crippen LogP contribution in [0.2, 0.25) is 0 Å². The van der Waals surface area contributed by atoms with Gasteiger partial charge in [-0.3, -0.25) is 9.36 Å². The van der Waals surface area contributed by atoms with E-state index in [1.165, 1.54) is 17.8 Å². The van der Waals surface area contributed by atoms with Crippen molar-refractivity contribution >= 4 is 27.5 Å². The third kappa shape index (κ3) is 5.17. The maximum Gasteiger partial charge on any atom is 0.233 e. The van der Waals surface area contributed by atoms with Crippen LogP contribution >= 0.6 is 11.8 Å². The number of carbonyl (C=O) groups is 1. The second kappa shape index (κ2) is 10.3. The summed E-state index contributed by atoms with van der Waals surface area (Å²) >= 11 is 1.21. The number of benzene rings is 2. The van der Waals surface area contributed by atoms with Crippen LogP contribution in [-0.4, -0.2) is 63.3 Å². The first-order valence-electron chi connectivity index (χ1n) is 11.2. The van der Waals surface area contributed by atoms with Gasteiger partial charge in [0.2, 0.25) is 5.91 Å². The second-order valence-electron chi connectivity index (χ2n) is 8.36.